The first-order valence-electron chi connectivity index (χ1n) is 2.48. The summed E-state index contributed by atoms with van der Waals surface area (Å²) < 4.78 is 0. The molecule has 0 bridgehead atoms. The Kier molecular flexibility index (Phi) is 5.16. The first-order chi connectivity index (χ1) is 4.85. The Labute approximate surface area is 56.3 Å². The monoisotopic (exact) mass is 149 g/mol. The third-order valence-electron chi connectivity index (χ3n) is 0.768. The van der Waals surface area contributed by atoms with Crippen LogP contribution in [0.25, 0.3) is 0 Å². The van der Waals surface area contributed by atoms with Crippen molar-refractivity contribution in [3.8, 4) is 0 Å². The molecule has 0 aromatic heterocycles. The standard InChI is InChI=1S/C3H7N3O4/c4-1-3(10-6-8)2-9-5-7/h3H,1-2,4H2/t3-/m0/s1. The van der Waals surface area contributed by atoms with Crippen molar-refractivity contribution in [2.45, 2.75) is 6.10 Å². The molecule has 0 amide bonds. The third-order valence-corrected chi connectivity index (χ3v) is 0.768. The number of nitrogens with zero attached hydrogens (tertiary/aromatic N) is 2. The SMILES string of the molecule is NC[C@@H](CON=O)ON=O. The molecule has 0 saturated carbocycles. The number of hydrogen-bond donors (Lipinski definition) is 1. The fourth-order valence-electron chi connectivity index (χ4n) is 0.316. The first-order valence-corrected chi connectivity index (χ1v) is 2.48. The summed E-state index contributed by atoms with van der Waals surface area (Å²) in [7, 11) is 0. The van der Waals surface area contributed by atoms with E-state index in [9.17, 15) is 9.81 Å². The van der Waals surface area contributed by atoms with Gasteiger partial charge in [-0.15, -0.1) is 9.81 Å². The van der Waals surface area contributed by atoms with Gasteiger partial charge in [0.05, 0.1) is 0 Å². The summed E-state index contributed by atoms with van der Waals surface area (Å²) in [6.45, 7) is -0.118. The van der Waals surface area contributed by atoms with Crippen molar-refractivity contribution in [2.24, 2.45) is 16.4 Å². The molecule has 0 saturated heterocycles. The topological polar surface area (TPSA) is 103 Å². The molecule has 0 spiro atoms. The molecule has 0 unspecified atom stereocenters. The molecule has 0 rings (SSSR count). The number of hydrogen-bond acceptors (Lipinski definition) is 7. The average molecular weight is 149 g/mol. The fourth-order valence-corrected chi connectivity index (χ4v) is 0.316. The minimum atomic E-state index is -0.699. The van der Waals surface area contributed by atoms with E-state index >= 15 is 0 Å². The Morgan fingerprint density at radius 2 is 2.10 bits per heavy atom. The molecule has 7 heteroatoms. The van der Waals surface area contributed by atoms with E-state index in [4.69, 9.17) is 5.73 Å². The van der Waals surface area contributed by atoms with E-state index in [-0.39, 0.29) is 13.2 Å². The Hall–Kier alpha value is -1.24. The molecule has 0 aromatic carbocycles. The lowest BCUT2D eigenvalue weighted by molar-refractivity contribution is -0.0112. The van der Waals surface area contributed by atoms with Crippen LogP contribution in [0.3, 0.4) is 0 Å². The van der Waals surface area contributed by atoms with Crippen LogP contribution < -0.4 is 5.73 Å². The van der Waals surface area contributed by atoms with Gasteiger partial charge in [0.15, 0.2) is 23.4 Å². The van der Waals surface area contributed by atoms with Crippen LogP contribution in [-0.4, -0.2) is 19.3 Å². The van der Waals surface area contributed by atoms with E-state index < -0.39 is 6.10 Å². The zero-order valence-electron chi connectivity index (χ0n) is 5.10. The van der Waals surface area contributed by atoms with Crippen LogP contribution in [0.1, 0.15) is 0 Å². The van der Waals surface area contributed by atoms with Crippen LogP contribution in [0.5, 0.6) is 0 Å². The van der Waals surface area contributed by atoms with E-state index in [1.165, 1.54) is 0 Å². The van der Waals surface area contributed by atoms with Gasteiger partial charge in [-0.3, -0.25) is 0 Å². The average Bonchev–Trinajstić information content (AvgIpc) is 1.98. The van der Waals surface area contributed by atoms with E-state index in [2.05, 4.69) is 20.4 Å². The third kappa shape index (κ3) is 3.72. The smallest absolute Gasteiger partial charge is 0.179 e. The van der Waals surface area contributed by atoms with Crippen molar-refractivity contribution in [1.29, 1.82) is 0 Å². The first kappa shape index (κ1) is 8.76. The van der Waals surface area contributed by atoms with Crippen LogP contribution in [0.4, 0.5) is 0 Å². The van der Waals surface area contributed by atoms with Crippen molar-refractivity contribution >= 4 is 0 Å². The molecule has 2 N–H and O–H groups in total. The number of rotatable bonds is 6. The van der Waals surface area contributed by atoms with Crippen LogP contribution in [0.15, 0.2) is 10.7 Å². The predicted molar refractivity (Wildman–Crippen MR) is 31.5 cm³/mol. The molecule has 0 aromatic rings. The van der Waals surface area contributed by atoms with E-state index in [1.54, 1.807) is 0 Å². The van der Waals surface area contributed by atoms with Crippen LogP contribution in [-0.2, 0) is 9.68 Å². The van der Waals surface area contributed by atoms with Gasteiger partial charge in [-0.05, 0) is 0 Å². The maximum atomic E-state index is 9.45. The summed E-state index contributed by atoms with van der Waals surface area (Å²) in [6, 6.07) is 0. The molecule has 7 nitrogen and oxygen atoms in total. The van der Waals surface area contributed by atoms with Gasteiger partial charge in [-0.1, -0.05) is 0 Å². The van der Waals surface area contributed by atoms with Gasteiger partial charge in [-0.25, -0.2) is 0 Å². The van der Waals surface area contributed by atoms with Crippen molar-refractivity contribution in [1.82, 2.24) is 0 Å². The minimum absolute atomic E-state index is 0.0429. The highest BCUT2D eigenvalue weighted by Crippen LogP contribution is 1.91. The minimum Gasteiger partial charge on any atom is -0.360 e. The molecule has 0 fully saturated rings. The highest BCUT2D eigenvalue weighted by molar-refractivity contribution is 4.53. The van der Waals surface area contributed by atoms with Gasteiger partial charge >= 0.3 is 0 Å². The maximum Gasteiger partial charge on any atom is 0.179 e. The second kappa shape index (κ2) is 5.89. The fraction of sp³-hybridized carbons (Fsp3) is 1.00. The molecule has 10 heavy (non-hydrogen) atoms. The maximum absolute atomic E-state index is 9.45. The van der Waals surface area contributed by atoms with E-state index in [1.807, 2.05) is 0 Å². The summed E-state index contributed by atoms with van der Waals surface area (Å²) in [6.07, 6.45) is -0.699. The van der Waals surface area contributed by atoms with Gasteiger partial charge in [0, 0.05) is 6.54 Å². The molecule has 0 aliphatic rings. The Balaban J connectivity index is 3.38. The second-order valence-corrected chi connectivity index (χ2v) is 1.41. The second-order valence-electron chi connectivity index (χ2n) is 1.41. The molecule has 0 heterocycles. The van der Waals surface area contributed by atoms with Crippen LogP contribution in [0, 0.1) is 9.81 Å². The lowest BCUT2D eigenvalue weighted by Gasteiger charge is -2.05. The van der Waals surface area contributed by atoms with Gasteiger partial charge < -0.3 is 15.4 Å². The molecule has 0 radical (unpaired) electrons. The van der Waals surface area contributed by atoms with Gasteiger partial charge in [0.1, 0.15) is 0 Å². The lowest BCUT2D eigenvalue weighted by atomic mass is 10.4. The van der Waals surface area contributed by atoms with E-state index in [0.717, 1.165) is 0 Å². The Morgan fingerprint density at radius 3 is 2.50 bits per heavy atom. The zero-order chi connectivity index (χ0) is 7.82. The molecule has 0 aliphatic heterocycles. The van der Waals surface area contributed by atoms with Gasteiger partial charge in [0.2, 0.25) is 0 Å². The van der Waals surface area contributed by atoms with Crippen molar-refractivity contribution in [3.63, 3.8) is 0 Å². The highest BCUT2D eigenvalue weighted by Gasteiger charge is 2.08. The van der Waals surface area contributed by atoms with Crippen molar-refractivity contribution < 1.29 is 9.68 Å². The molecule has 1 atom stereocenters. The van der Waals surface area contributed by atoms with Gasteiger partial charge in [-0.2, -0.15) is 0 Å². The molecule has 58 valence electrons. The van der Waals surface area contributed by atoms with Gasteiger partial charge in [0.25, 0.3) is 0 Å². The van der Waals surface area contributed by atoms with E-state index in [0.29, 0.717) is 0 Å². The van der Waals surface area contributed by atoms with Crippen LogP contribution in [0.2, 0.25) is 0 Å². The lowest BCUT2D eigenvalue weighted by Crippen LogP contribution is -2.26. The molecule has 0 aliphatic carbocycles. The zero-order valence-corrected chi connectivity index (χ0v) is 5.10. The van der Waals surface area contributed by atoms with Crippen molar-refractivity contribution in [2.75, 3.05) is 13.2 Å². The van der Waals surface area contributed by atoms with Crippen LogP contribution >= 0.6 is 0 Å². The Bertz CT molecular complexity index is 108. The highest BCUT2D eigenvalue weighted by atomic mass is 16.8. The number of nitrogens with two attached hydrogens (primary N) is 1. The van der Waals surface area contributed by atoms with Crippen molar-refractivity contribution in [3.05, 3.63) is 9.81 Å². The summed E-state index contributed by atoms with van der Waals surface area (Å²) >= 11 is 0. The normalized spacial score (nSPS) is 11.7. The predicted octanol–water partition coefficient (Wildman–Crippen LogP) is -0.290. The molecular formula is C3H7N3O4. The summed E-state index contributed by atoms with van der Waals surface area (Å²) in [5.74, 6) is 0. The summed E-state index contributed by atoms with van der Waals surface area (Å²) in [5, 5.41) is 4.18. The Morgan fingerprint density at radius 1 is 1.40 bits per heavy atom. The largest absolute Gasteiger partial charge is 0.360 e. The molecular weight excluding hydrogens is 142 g/mol. The summed E-state index contributed by atoms with van der Waals surface area (Å²) in [4.78, 5) is 26.9. The summed E-state index contributed by atoms with van der Waals surface area (Å²) in [5.41, 5.74) is 5.05. The quantitative estimate of drug-likeness (QED) is 0.412.